The highest BCUT2D eigenvalue weighted by Crippen LogP contribution is 2.22. The van der Waals surface area contributed by atoms with Gasteiger partial charge in [0.25, 0.3) is 0 Å². The third-order valence-electron chi connectivity index (χ3n) is 3.83. The number of hydrogen-bond acceptors (Lipinski definition) is 3. The highest BCUT2D eigenvalue weighted by Gasteiger charge is 2.24. The van der Waals surface area contributed by atoms with Crippen LogP contribution in [0.3, 0.4) is 0 Å². The summed E-state index contributed by atoms with van der Waals surface area (Å²) in [6, 6.07) is 8.01. The van der Waals surface area contributed by atoms with Gasteiger partial charge in [0.05, 0.1) is 11.6 Å². The lowest BCUT2D eigenvalue weighted by atomic mass is 10.1. The third kappa shape index (κ3) is 2.73. The fraction of sp³-hybridized carbons (Fsp3) is 0.400. The standard InChI is InChI=1S/C15H17ClN2O/c16-11-4-5-12-10(6-7-17-14(12)8-11)9-18-13-2-1-3-15(13)19/h4-8,13,15,18-19H,1-3,9H2/t13-,15-/m0/s1. The van der Waals surface area contributed by atoms with Gasteiger partial charge in [-0.25, -0.2) is 0 Å². The molecule has 1 saturated carbocycles. The summed E-state index contributed by atoms with van der Waals surface area (Å²) in [4.78, 5) is 4.34. The fourth-order valence-electron chi connectivity index (χ4n) is 2.75. The smallest absolute Gasteiger partial charge is 0.0720 e. The predicted octanol–water partition coefficient (Wildman–Crippen LogP) is 2.89. The Morgan fingerprint density at radius 3 is 3.00 bits per heavy atom. The molecular formula is C15H17ClN2O. The van der Waals surface area contributed by atoms with Crippen LogP contribution < -0.4 is 5.32 Å². The first-order valence-electron chi connectivity index (χ1n) is 6.68. The molecular weight excluding hydrogens is 260 g/mol. The maximum atomic E-state index is 9.82. The molecule has 1 aromatic heterocycles. The summed E-state index contributed by atoms with van der Waals surface area (Å²) in [5, 5.41) is 15.1. The van der Waals surface area contributed by atoms with E-state index in [9.17, 15) is 5.11 Å². The molecule has 0 unspecified atom stereocenters. The maximum absolute atomic E-state index is 9.82. The van der Waals surface area contributed by atoms with E-state index in [1.807, 2.05) is 24.3 Å². The number of nitrogens with zero attached hydrogens (tertiary/aromatic N) is 1. The highest BCUT2D eigenvalue weighted by molar-refractivity contribution is 6.31. The number of fused-ring (bicyclic) bond motifs is 1. The second-order valence-electron chi connectivity index (χ2n) is 5.12. The van der Waals surface area contributed by atoms with Crippen molar-refractivity contribution in [1.82, 2.24) is 10.3 Å². The summed E-state index contributed by atoms with van der Waals surface area (Å²) in [6.45, 7) is 0.752. The Hall–Kier alpha value is -1.16. The van der Waals surface area contributed by atoms with Crippen molar-refractivity contribution in [3.8, 4) is 0 Å². The predicted molar refractivity (Wildman–Crippen MR) is 77.2 cm³/mol. The lowest BCUT2D eigenvalue weighted by Gasteiger charge is -2.17. The molecule has 19 heavy (non-hydrogen) atoms. The topological polar surface area (TPSA) is 45.1 Å². The van der Waals surface area contributed by atoms with E-state index in [-0.39, 0.29) is 12.1 Å². The molecule has 1 heterocycles. The van der Waals surface area contributed by atoms with Gasteiger partial charge in [-0.05, 0) is 43.0 Å². The van der Waals surface area contributed by atoms with Gasteiger partial charge in [-0.3, -0.25) is 4.98 Å². The number of hydrogen-bond donors (Lipinski definition) is 2. The largest absolute Gasteiger partial charge is 0.392 e. The molecule has 2 aromatic rings. The highest BCUT2D eigenvalue weighted by atomic mass is 35.5. The fourth-order valence-corrected chi connectivity index (χ4v) is 2.92. The Bertz CT molecular complexity index is 587. The van der Waals surface area contributed by atoms with E-state index < -0.39 is 0 Å². The molecule has 3 nitrogen and oxygen atoms in total. The molecule has 1 aromatic carbocycles. The number of aliphatic hydroxyl groups excluding tert-OH is 1. The minimum Gasteiger partial charge on any atom is -0.392 e. The summed E-state index contributed by atoms with van der Waals surface area (Å²) < 4.78 is 0. The van der Waals surface area contributed by atoms with Crippen LogP contribution in [0.2, 0.25) is 5.02 Å². The molecule has 3 rings (SSSR count). The average molecular weight is 277 g/mol. The molecule has 1 aliphatic carbocycles. The van der Waals surface area contributed by atoms with Crippen molar-refractivity contribution in [2.24, 2.45) is 0 Å². The van der Waals surface area contributed by atoms with E-state index in [1.165, 1.54) is 5.56 Å². The molecule has 2 atom stereocenters. The normalized spacial score (nSPS) is 23.1. The molecule has 0 saturated heterocycles. The van der Waals surface area contributed by atoms with Crippen LogP contribution in [0.15, 0.2) is 30.5 Å². The van der Waals surface area contributed by atoms with Crippen LogP contribution >= 0.6 is 11.6 Å². The average Bonchev–Trinajstić information content (AvgIpc) is 2.81. The zero-order chi connectivity index (χ0) is 13.2. The van der Waals surface area contributed by atoms with Gasteiger partial charge >= 0.3 is 0 Å². The second kappa shape index (κ2) is 5.45. The summed E-state index contributed by atoms with van der Waals surface area (Å²) >= 11 is 5.98. The molecule has 1 aliphatic rings. The van der Waals surface area contributed by atoms with E-state index in [0.29, 0.717) is 5.02 Å². The Morgan fingerprint density at radius 1 is 1.32 bits per heavy atom. The van der Waals surface area contributed by atoms with E-state index >= 15 is 0 Å². The molecule has 1 fully saturated rings. The van der Waals surface area contributed by atoms with Gasteiger partial charge < -0.3 is 10.4 Å². The number of pyridine rings is 1. The van der Waals surface area contributed by atoms with Crippen molar-refractivity contribution in [3.05, 3.63) is 41.0 Å². The van der Waals surface area contributed by atoms with Crippen molar-refractivity contribution in [2.75, 3.05) is 0 Å². The summed E-state index contributed by atoms with van der Waals surface area (Å²) in [5.74, 6) is 0. The van der Waals surface area contributed by atoms with Crippen molar-refractivity contribution in [1.29, 1.82) is 0 Å². The van der Waals surface area contributed by atoms with Gasteiger partial charge in [0.15, 0.2) is 0 Å². The van der Waals surface area contributed by atoms with Crippen molar-refractivity contribution < 1.29 is 5.11 Å². The number of aromatic nitrogens is 1. The Kier molecular flexibility index (Phi) is 3.69. The number of halogens is 1. The molecule has 2 N–H and O–H groups in total. The molecule has 0 amide bonds. The molecule has 0 radical (unpaired) electrons. The molecule has 0 aliphatic heterocycles. The van der Waals surface area contributed by atoms with Crippen LogP contribution in [0.25, 0.3) is 10.9 Å². The molecule has 0 spiro atoms. The number of aliphatic hydroxyl groups is 1. The molecule has 0 bridgehead atoms. The van der Waals surface area contributed by atoms with E-state index in [4.69, 9.17) is 11.6 Å². The Balaban J connectivity index is 1.81. The van der Waals surface area contributed by atoms with Crippen LogP contribution in [-0.2, 0) is 6.54 Å². The zero-order valence-corrected chi connectivity index (χ0v) is 11.4. The summed E-state index contributed by atoms with van der Waals surface area (Å²) in [7, 11) is 0. The molecule has 100 valence electrons. The number of rotatable bonds is 3. The van der Waals surface area contributed by atoms with Crippen LogP contribution in [0, 0.1) is 0 Å². The van der Waals surface area contributed by atoms with Gasteiger partial charge in [0, 0.05) is 29.2 Å². The first-order chi connectivity index (χ1) is 9.24. The third-order valence-corrected chi connectivity index (χ3v) is 4.06. The quantitative estimate of drug-likeness (QED) is 0.906. The second-order valence-corrected chi connectivity index (χ2v) is 5.55. The van der Waals surface area contributed by atoms with E-state index in [1.54, 1.807) is 6.20 Å². The van der Waals surface area contributed by atoms with Crippen LogP contribution in [-0.4, -0.2) is 22.2 Å². The summed E-state index contributed by atoms with van der Waals surface area (Å²) in [5.41, 5.74) is 2.11. The SMILES string of the molecule is O[C@H]1CCC[C@@H]1NCc1ccnc2cc(Cl)ccc12. The Morgan fingerprint density at radius 2 is 2.21 bits per heavy atom. The first-order valence-corrected chi connectivity index (χ1v) is 7.06. The van der Waals surface area contributed by atoms with Crippen molar-refractivity contribution in [3.63, 3.8) is 0 Å². The molecule has 4 heteroatoms. The zero-order valence-electron chi connectivity index (χ0n) is 10.6. The van der Waals surface area contributed by atoms with Crippen molar-refractivity contribution in [2.45, 2.75) is 38.0 Å². The van der Waals surface area contributed by atoms with E-state index in [0.717, 1.165) is 36.7 Å². The summed E-state index contributed by atoms with van der Waals surface area (Å²) in [6.07, 6.45) is 4.66. The van der Waals surface area contributed by atoms with Gasteiger partial charge in [-0.2, -0.15) is 0 Å². The number of benzene rings is 1. The lowest BCUT2D eigenvalue weighted by Crippen LogP contribution is -2.35. The first kappa shape index (κ1) is 12.9. The van der Waals surface area contributed by atoms with Gasteiger partial charge in [-0.1, -0.05) is 17.7 Å². The van der Waals surface area contributed by atoms with Crippen LogP contribution in [0.5, 0.6) is 0 Å². The van der Waals surface area contributed by atoms with E-state index in [2.05, 4.69) is 10.3 Å². The monoisotopic (exact) mass is 276 g/mol. The number of nitrogens with one attached hydrogen (secondary N) is 1. The van der Waals surface area contributed by atoms with Gasteiger partial charge in [-0.15, -0.1) is 0 Å². The lowest BCUT2D eigenvalue weighted by molar-refractivity contribution is 0.148. The maximum Gasteiger partial charge on any atom is 0.0720 e. The van der Waals surface area contributed by atoms with Crippen molar-refractivity contribution >= 4 is 22.5 Å². The van der Waals surface area contributed by atoms with Gasteiger partial charge in [0.2, 0.25) is 0 Å². The minimum absolute atomic E-state index is 0.206. The minimum atomic E-state index is -0.206. The van der Waals surface area contributed by atoms with Gasteiger partial charge in [0.1, 0.15) is 0 Å². The van der Waals surface area contributed by atoms with Crippen LogP contribution in [0.1, 0.15) is 24.8 Å². The Labute approximate surface area is 117 Å². The van der Waals surface area contributed by atoms with Crippen LogP contribution in [0.4, 0.5) is 0 Å².